The number of carbonyl (C=O) groups is 13. The van der Waals surface area contributed by atoms with Crippen LogP contribution in [0, 0.1) is 17.8 Å². The molecule has 3 saturated heterocycles. The van der Waals surface area contributed by atoms with Crippen LogP contribution in [0.1, 0.15) is 147 Å². The molecule has 0 unspecified atom stereocenters. The van der Waals surface area contributed by atoms with Gasteiger partial charge in [0.25, 0.3) is 0 Å². The fourth-order valence-corrected chi connectivity index (χ4v) is 22.5. The first-order chi connectivity index (χ1) is 65.5. The van der Waals surface area contributed by atoms with E-state index in [1.807, 2.05) is 104 Å². The average Bonchev–Trinajstić information content (AvgIpc) is 1.57. The van der Waals surface area contributed by atoms with Gasteiger partial charge in [-0.15, -0.1) is 0 Å². The van der Waals surface area contributed by atoms with Gasteiger partial charge >= 0.3 is 12.1 Å². The number of carbonyl (C=O) groups excluding carboxylic acids is 13. The minimum atomic E-state index is -1.96. The van der Waals surface area contributed by atoms with E-state index in [0.717, 1.165) is 75.9 Å². The molecule has 0 radical (unpaired) electrons. The molecule has 34 nitrogen and oxygen atoms in total. The van der Waals surface area contributed by atoms with E-state index >= 15 is 24.0 Å². The monoisotopic (exact) mass is 2000 g/mol. The van der Waals surface area contributed by atoms with Crippen LogP contribution >= 0.6 is 54.8 Å². The minimum absolute atomic E-state index is 0.0565. The fourth-order valence-electron chi connectivity index (χ4n) is 17.1. The Hall–Kier alpha value is -10.4. The first-order valence-electron chi connectivity index (χ1n) is 46.0. The SMILES string of the molecule is COc1cc2cc(c1Cl)N(C)C(=O)C[C@H](OC(=O)[C@H](C)N(C)C(=O)CCSSC(C)(C)[C@H](CC(=O)[C@@H](NC(=O)[C@@H]1CSSC[C@H](NC(=O)[C@@H](Cc3ccccc3)NCc3ccccc3)C(=O)C[C@@H](Cc3ccc(O)cc3)C(=O)N[C@H](CC3=CCc4ccccc43)C(=O)N[C@@H](CCCCN)C(=O)N[C@@H]([C@@H](C)O)C(=O)N1)[C@@H](C)O)C(N)=O)[C@]1(C)O[C@H]1[C@H](C)[C@@H]1C[C@@](O)(NC(=O)O1)[C@H](OC)/C=C/C=C(\C)C2. The van der Waals surface area contributed by atoms with Gasteiger partial charge in [0.15, 0.2) is 17.3 Å². The van der Waals surface area contributed by atoms with Gasteiger partial charge in [0, 0.05) is 93.7 Å². The summed E-state index contributed by atoms with van der Waals surface area (Å²) in [4.78, 5) is 194. The van der Waals surface area contributed by atoms with E-state index in [2.05, 4.69) is 42.5 Å². The van der Waals surface area contributed by atoms with E-state index in [4.69, 9.17) is 46.8 Å². The standard InChI is InChI=1S/C99H129ClN12O22S4/c1-55-24-23-32-80(131-12)99(129)51-79(132-96(128)110-99)56(2)87-98(8,134-87)81(50-83(119)112(10)75-45-63(42-55)46-78(130-11)84(75)100)133-95(127)57(3)111(9)82(118)39-41-135-138-97(6,7)69(88(102)120)49-77(117)85(58(4)113)108-93(125)74-54-137-136-53-73(106-91(123)71(44-60-25-15-13-16-26-60)103-52-62-27-17-14-18-28-62)76(116)48-66(43-61-33-37-67(115)38-34-61)89(121)105-72(47-65-36-35-64-29-19-20-30-68(64)65)92(124)104-70(31-21-22-40-101)90(122)109-86(59(5)114)94(126)107-74/h13-20,23-30,32-34,36-38,45-46,56-59,66,69-74,79-81,85-87,103,113-115,129H,21-22,31,35,39-44,47-54,101H2,1-12H3,(H2,102,120)(H,104,124)(H,105,121)(H,106,123)(H,107,126)(H,108,125)(H,109,122)(H,110,128)/b32-23+,55-24+/t56-,57+,58-,59-,66-,69-,70+,71-,72-,73+,74+,79+,80-,81+,85+,86+,87+,98+,99+/m1/s1. The molecule has 138 heavy (non-hydrogen) atoms. The number of likely N-dealkylation sites (N-methyl/N-ethyl adjacent to an activating group) is 1. The lowest BCUT2D eigenvalue weighted by Crippen LogP contribution is -2.63. The van der Waals surface area contributed by atoms with E-state index < -0.39 is 221 Å². The molecule has 10 amide bonds. The summed E-state index contributed by atoms with van der Waals surface area (Å²) in [7, 11) is 9.85. The Labute approximate surface area is 825 Å². The van der Waals surface area contributed by atoms with Crippen molar-refractivity contribution in [3.8, 4) is 11.5 Å². The number of rotatable bonds is 34. The molecule has 5 aromatic carbocycles. The first-order valence-corrected chi connectivity index (χ1v) is 51.2. The van der Waals surface area contributed by atoms with Gasteiger partial charge in [-0.1, -0.05) is 189 Å². The second-order valence-electron chi connectivity index (χ2n) is 36.5. The molecule has 0 spiro atoms. The number of anilines is 1. The number of phenolic OH excluding ortho intramolecular Hbond substituents is 1. The van der Waals surface area contributed by atoms with Gasteiger partial charge in [-0.25, -0.2) is 9.59 Å². The number of unbranched alkanes of at least 4 members (excludes halogenated alkanes) is 1. The number of nitrogens with zero attached hydrogens (tertiary/aromatic N) is 2. The molecule has 39 heteroatoms. The Morgan fingerprint density at radius 2 is 1.49 bits per heavy atom. The predicted molar refractivity (Wildman–Crippen MR) is 530 cm³/mol. The number of alkyl carbamates (subject to hydrolysis) is 1. The van der Waals surface area contributed by atoms with Gasteiger partial charge in [0.05, 0.1) is 55.5 Å². The predicted octanol–water partition coefficient (Wildman–Crippen LogP) is 7.27. The molecule has 1 aliphatic carbocycles. The molecule has 0 saturated carbocycles. The van der Waals surface area contributed by atoms with Crippen molar-refractivity contribution in [3.63, 3.8) is 0 Å². The summed E-state index contributed by atoms with van der Waals surface area (Å²) in [5.74, 6) is -13.6. The highest BCUT2D eigenvalue weighted by atomic mass is 35.5. The number of aromatic hydroxyl groups is 1. The number of aliphatic hydroxyl groups excluding tert-OH is 2. The molecule has 3 fully saturated rings. The topological polar surface area (TPSA) is 507 Å². The summed E-state index contributed by atoms with van der Waals surface area (Å²) in [5.41, 5.74) is 15.1. The lowest BCUT2D eigenvalue weighted by atomic mass is 9.83. The highest BCUT2D eigenvalue weighted by Gasteiger charge is 2.65. The van der Waals surface area contributed by atoms with E-state index in [0.29, 0.717) is 36.0 Å². The number of Topliss-reactive ketones (excluding diaryl/α,β-unsaturated/α-hetero) is 2. The highest BCUT2D eigenvalue weighted by molar-refractivity contribution is 8.77. The summed E-state index contributed by atoms with van der Waals surface area (Å²) < 4.78 is 28.5. The van der Waals surface area contributed by atoms with Crippen LogP contribution in [0.25, 0.3) is 5.57 Å². The van der Waals surface area contributed by atoms with Gasteiger partial charge in [-0.2, -0.15) is 0 Å². The largest absolute Gasteiger partial charge is 0.508 e. The number of nitrogens with two attached hydrogens (primary N) is 2. The molecule has 0 aromatic heterocycles. The molecule has 19 atom stereocenters. The number of benzene rings is 5. The number of halogens is 1. The number of amides is 10. The lowest BCUT2D eigenvalue weighted by Gasteiger charge is -2.42. The maximum Gasteiger partial charge on any atom is 0.409 e. The minimum Gasteiger partial charge on any atom is -0.508 e. The average molecular weight is 2000 g/mol. The van der Waals surface area contributed by atoms with Crippen LogP contribution in [0.4, 0.5) is 10.5 Å². The van der Waals surface area contributed by atoms with Gasteiger partial charge < -0.3 is 103 Å². The van der Waals surface area contributed by atoms with Gasteiger partial charge in [-0.05, 0) is 163 Å². The third-order valence-electron chi connectivity index (χ3n) is 25.7. The number of methoxy groups -OCH3 is 2. The van der Waals surface area contributed by atoms with Crippen molar-refractivity contribution in [1.82, 2.24) is 47.4 Å². The van der Waals surface area contributed by atoms with Crippen molar-refractivity contribution in [2.24, 2.45) is 29.2 Å². The summed E-state index contributed by atoms with van der Waals surface area (Å²) in [6.07, 6.45) is -2.26. The third-order valence-corrected chi connectivity index (χ3v) is 31.8. The van der Waals surface area contributed by atoms with Crippen molar-refractivity contribution < 1.29 is 106 Å². The highest BCUT2D eigenvalue weighted by Crippen LogP contribution is 2.50. The number of ether oxygens (including phenoxy) is 5. The lowest BCUT2D eigenvalue weighted by molar-refractivity contribution is -0.162. The number of aliphatic hydroxyl groups is 3. The summed E-state index contributed by atoms with van der Waals surface area (Å²) in [6.45, 7) is 12.7. The van der Waals surface area contributed by atoms with Crippen LogP contribution in [-0.4, -0.2) is 255 Å². The number of esters is 1. The van der Waals surface area contributed by atoms with Crippen LogP contribution in [0.2, 0.25) is 5.02 Å². The van der Waals surface area contributed by atoms with Crippen LogP contribution < -0.4 is 63.6 Å². The summed E-state index contributed by atoms with van der Waals surface area (Å²) in [6, 6.07) is 23.5. The Morgan fingerprint density at radius 3 is 2.15 bits per heavy atom. The molecule has 5 aliphatic rings. The van der Waals surface area contributed by atoms with Gasteiger partial charge in [-0.3, -0.25) is 58.1 Å². The molecule has 10 rings (SSSR count). The smallest absolute Gasteiger partial charge is 0.409 e. The second-order valence-corrected chi connectivity index (χ2v) is 42.5. The van der Waals surface area contributed by atoms with Gasteiger partial charge in [0.1, 0.15) is 76.7 Å². The number of phenols is 1. The maximum atomic E-state index is 15.6. The molecular formula is C99H129ClN12O22S4. The zero-order valence-electron chi connectivity index (χ0n) is 79.6. The molecule has 4 bridgehead atoms. The first kappa shape index (κ1) is 110. The molecule has 748 valence electrons. The van der Waals surface area contributed by atoms with Crippen molar-refractivity contribution in [2.75, 3.05) is 57.0 Å². The Morgan fingerprint density at radius 1 is 0.819 bits per heavy atom. The number of allylic oxidation sites excluding steroid dienone is 4. The van der Waals surface area contributed by atoms with Crippen molar-refractivity contribution >= 4 is 143 Å². The van der Waals surface area contributed by atoms with Gasteiger partial charge in [0.2, 0.25) is 53.2 Å². The van der Waals surface area contributed by atoms with E-state index in [1.54, 1.807) is 64.1 Å². The number of nitrogens with one attached hydrogen (secondary N) is 8. The number of fused-ring (bicyclic) bond motifs is 6. The number of hydrogen-bond donors (Lipinski definition) is 14. The number of epoxide rings is 1. The fraction of sp³-hybridized carbons (Fsp3) is 0.505. The van der Waals surface area contributed by atoms with Crippen LogP contribution in [-0.2, 0) is 109 Å². The Kier molecular flexibility index (Phi) is 40.3. The molecule has 16 N–H and O–H groups in total. The van der Waals surface area contributed by atoms with Crippen LogP contribution in [0.3, 0.4) is 0 Å². The van der Waals surface area contributed by atoms with Crippen LogP contribution in [0.15, 0.2) is 151 Å². The second kappa shape index (κ2) is 50.7. The van der Waals surface area contributed by atoms with E-state index in [9.17, 15) is 58.8 Å². The third kappa shape index (κ3) is 29.9. The van der Waals surface area contributed by atoms with E-state index in [-0.39, 0.29) is 91.8 Å². The summed E-state index contributed by atoms with van der Waals surface area (Å²) in [5, 5.41) is 67.9. The number of ketones is 2. The van der Waals surface area contributed by atoms with Crippen molar-refractivity contribution in [1.29, 1.82) is 0 Å². The molecular weight excluding hydrogens is 1870 g/mol. The Bertz CT molecular complexity index is 5260. The Balaban J connectivity index is 0.865. The number of primary amides is 1. The van der Waals surface area contributed by atoms with Crippen molar-refractivity contribution in [3.05, 3.63) is 190 Å². The molecule has 5 aromatic rings. The zero-order valence-corrected chi connectivity index (χ0v) is 83.6. The quantitative estimate of drug-likeness (QED) is 0.00832. The maximum absolute atomic E-state index is 15.6. The zero-order chi connectivity index (χ0) is 101. The molecule has 4 aliphatic heterocycles. The van der Waals surface area contributed by atoms with Crippen LogP contribution in [0.5, 0.6) is 11.5 Å². The number of hydrogen-bond acceptors (Lipinski definition) is 28. The molecule has 4 heterocycles. The van der Waals surface area contributed by atoms with E-state index in [1.165, 1.54) is 66.1 Å². The normalized spacial score (nSPS) is 25.7. The summed E-state index contributed by atoms with van der Waals surface area (Å²) >= 11 is 6.92. The van der Waals surface area contributed by atoms with Crippen molar-refractivity contribution in [2.45, 2.75) is 246 Å².